The molecule has 1 aliphatic rings. The summed E-state index contributed by atoms with van der Waals surface area (Å²) in [7, 11) is 0. The van der Waals surface area contributed by atoms with Gasteiger partial charge in [0, 0.05) is 17.3 Å². The summed E-state index contributed by atoms with van der Waals surface area (Å²) in [5.41, 5.74) is 0. The average Bonchev–Trinajstić information content (AvgIpc) is 2.52. The van der Waals surface area contributed by atoms with Crippen molar-refractivity contribution in [1.29, 1.82) is 0 Å². The summed E-state index contributed by atoms with van der Waals surface area (Å²) in [6.07, 6.45) is 9.08. The fraction of sp³-hybridized carbons (Fsp3) is 1.00. The van der Waals surface area contributed by atoms with Crippen LogP contribution in [0.1, 0.15) is 46.0 Å². The number of rotatable bonds is 5. The highest BCUT2D eigenvalue weighted by Gasteiger charge is 2.26. The van der Waals surface area contributed by atoms with Crippen LogP contribution in [-0.2, 0) is 0 Å². The van der Waals surface area contributed by atoms with Gasteiger partial charge in [-0.1, -0.05) is 19.8 Å². The van der Waals surface area contributed by atoms with E-state index in [0.717, 1.165) is 11.3 Å². The van der Waals surface area contributed by atoms with E-state index >= 15 is 0 Å². The Morgan fingerprint density at radius 1 is 1.46 bits per heavy atom. The Hall–Kier alpha value is 0.310. The summed E-state index contributed by atoms with van der Waals surface area (Å²) in [4.78, 5) is 0. The molecule has 1 fully saturated rings. The zero-order valence-corrected chi connectivity index (χ0v) is 9.99. The topological polar surface area (TPSA) is 12.0 Å². The summed E-state index contributed by atoms with van der Waals surface area (Å²) in [5.74, 6) is 0. The standard InChI is InChI=1S/C11H23NS/c1-4-6-9(2)12-10-7-5-8-11(10)13-3/h9-12H,4-8H2,1-3H3. The Bertz CT molecular complexity index is 138. The van der Waals surface area contributed by atoms with E-state index < -0.39 is 0 Å². The van der Waals surface area contributed by atoms with Gasteiger partial charge in [-0.2, -0.15) is 11.8 Å². The maximum atomic E-state index is 3.76. The van der Waals surface area contributed by atoms with Crippen LogP contribution < -0.4 is 5.32 Å². The van der Waals surface area contributed by atoms with Crippen molar-refractivity contribution in [3.63, 3.8) is 0 Å². The second-order valence-corrected chi connectivity index (χ2v) is 5.24. The van der Waals surface area contributed by atoms with E-state index in [1.807, 2.05) is 11.8 Å². The summed E-state index contributed by atoms with van der Waals surface area (Å²) in [5, 5.41) is 4.63. The van der Waals surface area contributed by atoms with Crippen LogP contribution in [0.25, 0.3) is 0 Å². The highest BCUT2D eigenvalue weighted by molar-refractivity contribution is 7.99. The first-order valence-corrected chi connectivity index (χ1v) is 6.85. The van der Waals surface area contributed by atoms with Gasteiger partial charge in [0.15, 0.2) is 0 Å². The first-order valence-electron chi connectivity index (χ1n) is 5.56. The fourth-order valence-electron chi connectivity index (χ4n) is 2.28. The van der Waals surface area contributed by atoms with Crippen molar-refractivity contribution >= 4 is 11.8 Å². The van der Waals surface area contributed by atoms with Gasteiger partial charge in [-0.15, -0.1) is 0 Å². The molecule has 1 saturated carbocycles. The van der Waals surface area contributed by atoms with Gasteiger partial charge >= 0.3 is 0 Å². The lowest BCUT2D eigenvalue weighted by Gasteiger charge is -2.23. The normalized spacial score (nSPS) is 30.7. The summed E-state index contributed by atoms with van der Waals surface area (Å²) in [6, 6.07) is 1.50. The van der Waals surface area contributed by atoms with E-state index in [1.165, 1.54) is 32.1 Å². The van der Waals surface area contributed by atoms with Crippen LogP contribution in [0.4, 0.5) is 0 Å². The average molecular weight is 201 g/mol. The summed E-state index contributed by atoms with van der Waals surface area (Å²) >= 11 is 2.04. The van der Waals surface area contributed by atoms with Gasteiger partial charge in [-0.3, -0.25) is 0 Å². The lowest BCUT2D eigenvalue weighted by atomic mass is 10.1. The third kappa shape index (κ3) is 3.51. The highest BCUT2D eigenvalue weighted by Crippen LogP contribution is 2.28. The van der Waals surface area contributed by atoms with Crippen molar-refractivity contribution in [1.82, 2.24) is 5.32 Å². The van der Waals surface area contributed by atoms with Crippen LogP contribution in [0.3, 0.4) is 0 Å². The molecule has 0 spiro atoms. The predicted octanol–water partition coefficient (Wildman–Crippen LogP) is 3.05. The van der Waals surface area contributed by atoms with E-state index in [0.29, 0.717) is 6.04 Å². The minimum atomic E-state index is 0.711. The third-order valence-electron chi connectivity index (χ3n) is 2.98. The highest BCUT2D eigenvalue weighted by atomic mass is 32.2. The second-order valence-electron chi connectivity index (χ2n) is 4.17. The molecule has 3 atom stereocenters. The van der Waals surface area contributed by atoms with Gasteiger partial charge < -0.3 is 5.32 Å². The number of hydrogen-bond acceptors (Lipinski definition) is 2. The fourth-order valence-corrected chi connectivity index (χ4v) is 3.23. The molecule has 1 aliphatic carbocycles. The van der Waals surface area contributed by atoms with Crippen LogP contribution in [-0.4, -0.2) is 23.6 Å². The molecule has 0 aromatic carbocycles. The first-order chi connectivity index (χ1) is 6.27. The lowest BCUT2D eigenvalue weighted by molar-refractivity contribution is 0.433. The Balaban J connectivity index is 2.26. The van der Waals surface area contributed by atoms with E-state index in [4.69, 9.17) is 0 Å². The molecule has 0 bridgehead atoms. The van der Waals surface area contributed by atoms with Crippen LogP contribution >= 0.6 is 11.8 Å². The molecule has 0 aromatic rings. The molecule has 1 rings (SSSR count). The molecule has 78 valence electrons. The van der Waals surface area contributed by atoms with Gasteiger partial charge in [0.2, 0.25) is 0 Å². The number of hydrogen-bond donors (Lipinski definition) is 1. The summed E-state index contributed by atoms with van der Waals surface area (Å²) in [6.45, 7) is 4.58. The minimum Gasteiger partial charge on any atom is -0.310 e. The van der Waals surface area contributed by atoms with Crippen molar-refractivity contribution in [2.24, 2.45) is 0 Å². The largest absolute Gasteiger partial charge is 0.310 e. The Morgan fingerprint density at radius 2 is 2.23 bits per heavy atom. The van der Waals surface area contributed by atoms with E-state index in [2.05, 4.69) is 25.4 Å². The maximum absolute atomic E-state index is 3.76. The quantitative estimate of drug-likeness (QED) is 0.734. The molecule has 1 N–H and O–H groups in total. The molecule has 1 nitrogen and oxygen atoms in total. The van der Waals surface area contributed by atoms with Crippen molar-refractivity contribution in [2.75, 3.05) is 6.26 Å². The minimum absolute atomic E-state index is 0.711. The maximum Gasteiger partial charge on any atom is 0.0198 e. The lowest BCUT2D eigenvalue weighted by Crippen LogP contribution is -2.39. The van der Waals surface area contributed by atoms with Gasteiger partial charge in [-0.25, -0.2) is 0 Å². The monoisotopic (exact) mass is 201 g/mol. The summed E-state index contributed by atoms with van der Waals surface area (Å²) < 4.78 is 0. The number of thioether (sulfide) groups is 1. The van der Waals surface area contributed by atoms with Gasteiger partial charge in [0.05, 0.1) is 0 Å². The molecule has 0 radical (unpaired) electrons. The number of nitrogens with one attached hydrogen (secondary N) is 1. The molecule has 0 amide bonds. The Morgan fingerprint density at radius 3 is 2.85 bits per heavy atom. The van der Waals surface area contributed by atoms with Gasteiger partial charge in [-0.05, 0) is 32.4 Å². The van der Waals surface area contributed by atoms with Crippen LogP contribution in [0, 0.1) is 0 Å². The molecule has 0 aromatic heterocycles. The third-order valence-corrected chi connectivity index (χ3v) is 4.15. The van der Waals surface area contributed by atoms with E-state index in [1.54, 1.807) is 0 Å². The van der Waals surface area contributed by atoms with Crippen LogP contribution in [0.15, 0.2) is 0 Å². The molecule has 3 unspecified atom stereocenters. The Labute approximate surface area is 87.1 Å². The molecule has 0 heterocycles. The van der Waals surface area contributed by atoms with E-state index in [-0.39, 0.29) is 0 Å². The van der Waals surface area contributed by atoms with Crippen molar-refractivity contribution in [3.8, 4) is 0 Å². The zero-order valence-electron chi connectivity index (χ0n) is 9.18. The smallest absolute Gasteiger partial charge is 0.0198 e. The zero-order chi connectivity index (χ0) is 9.68. The van der Waals surface area contributed by atoms with Crippen molar-refractivity contribution < 1.29 is 0 Å². The molecule has 0 aliphatic heterocycles. The van der Waals surface area contributed by atoms with E-state index in [9.17, 15) is 0 Å². The molecular weight excluding hydrogens is 178 g/mol. The molecule has 13 heavy (non-hydrogen) atoms. The molecule has 0 saturated heterocycles. The molecule has 2 heteroatoms. The SMILES string of the molecule is CCCC(C)NC1CCCC1SC. The second kappa shape index (κ2) is 5.92. The van der Waals surface area contributed by atoms with Crippen LogP contribution in [0.2, 0.25) is 0 Å². The van der Waals surface area contributed by atoms with Gasteiger partial charge in [0.1, 0.15) is 0 Å². The van der Waals surface area contributed by atoms with Gasteiger partial charge in [0.25, 0.3) is 0 Å². The first kappa shape index (κ1) is 11.4. The van der Waals surface area contributed by atoms with Crippen molar-refractivity contribution in [3.05, 3.63) is 0 Å². The Kier molecular flexibility index (Phi) is 5.18. The molecular formula is C11H23NS. The van der Waals surface area contributed by atoms with Crippen molar-refractivity contribution in [2.45, 2.75) is 63.3 Å². The predicted molar refractivity (Wildman–Crippen MR) is 62.4 cm³/mol. The van der Waals surface area contributed by atoms with Crippen LogP contribution in [0.5, 0.6) is 0 Å².